The van der Waals surface area contributed by atoms with Crippen molar-refractivity contribution in [3.8, 4) is 6.07 Å². The first-order valence-corrected chi connectivity index (χ1v) is 6.79. The van der Waals surface area contributed by atoms with Crippen LogP contribution in [0.15, 0.2) is 24.3 Å². The van der Waals surface area contributed by atoms with E-state index in [1.807, 2.05) is 30.1 Å². The Morgan fingerprint density at radius 3 is 2.75 bits per heavy atom. The summed E-state index contributed by atoms with van der Waals surface area (Å²) in [6.45, 7) is 1.81. The van der Waals surface area contributed by atoms with Crippen LogP contribution in [0.5, 0.6) is 0 Å². The number of carbonyl (C=O) groups is 1. The summed E-state index contributed by atoms with van der Waals surface area (Å²) in [7, 11) is 3.20. The van der Waals surface area contributed by atoms with Crippen molar-refractivity contribution >= 4 is 17.6 Å². The fourth-order valence-electron chi connectivity index (χ4n) is 2.96. The number of nitriles is 1. The van der Waals surface area contributed by atoms with Gasteiger partial charge in [-0.15, -0.1) is 0 Å². The van der Waals surface area contributed by atoms with Gasteiger partial charge < -0.3 is 4.74 Å². The number of ether oxygens (including phenoxy) is 1. The zero-order valence-corrected chi connectivity index (χ0v) is 12.5. The van der Waals surface area contributed by atoms with Crippen molar-refractivity contribution in [1.29, 1.82) is 5.26 Å². The minimum absolute atomic E-state index is 0.210. The number of carbonyl (C=O) groups excluding carboxylic acids is 1. The van der Waals surface area contributed by atoms with Crippen LogP contribution < -0.4 is 0 Å². The number of esters is 1. The van der Waals surface area contributed by atoms with Gasteiger partial charge in [0.2, 0.25) is 0 Å². The smallest absolute Gasteiger partial charge is 0.326 e. The number of rotatable bonds is 2. The van der Waals surface area contributed by atoms with Gasteiger partial charge in [-0.25, -0.2) is 0 Å². The van der Waals surface area contributed by atoms with Crippen molar-refractivity contribution in [2.45, 2.75) is 24.9 Å². The van der Waals surface area contributed by atoms with E-state index in [2.05, 4.69) is 6.07 Å². The molecule has 0 spiro atoms. The van der Waals surface area contributed by atoms with Crippen molar-refractivity contribution in [3.05, 3.63) is 34.9 Å². The molecule has 0 saturated carbocycles. The SMILES string of the molecule is COC(=O)[C@]1(C)C[C@H](C#N)[C@H](c2ccccc2Cl)N1C. The molecule has 4 nitrogen and oxygen atoms in total. The molecule has 0 bridgehead atoms. The molecular weight excluding hydrogens is 276 g/mol. The van der Waals surface area contributed by atoms with Gasteiger partial charge in [0.1, 0.15) is 5.54 Å². The minimum atomic E-state index is -0.807. The molecule has 1 saturated heterocycles. The van der Waals surface area contributed by atoms with Crippen molar-refractivity contribution in [3.63, 3.8) is 0 Å². The van der Waals surface area contributed by atoms with E-state index in [9.17, 15) is 10.1 Å². The maximum absolute atomic E-state index is 12.1. The number of halogens is 1. The highest BCUT2D eigenvalue weighted by Crippen LogP contribution is 2.47. The van der Waals surface area contributed by atoms with Crippen molar-refractivity contribution in [2.75, 3.05) is 14.2 Å². The third-order valence-corrected chi connectivity index (χ3v) is 4.55. The molecule has 20 heavy (non-hydrogen) atoms. The Balaban J connectivity index is 2.46. The monoisotopic (exact) mass is 292 g/mol. The number of benzene rings is 1. The average Bonchev–Trinajstić information content (AvgIpc) is 2.72. The van der Waals surface area contributed by atoms with Crippen LogP contribution in [-0.4, -0.2) is 30.6 Å². The molecule has 0 unspecified atom stereocenters. The van der Waals surface area contributed by atoms with Gasteiger partial charge in [-0.3, -0.25) is 9.69 Å². The first kappa shape index (κ1) is 14.8. The Morgan fingerprint density at radius 2 is 2.20 bits per heavy atom. The molecule has 0 N–H and O–H groups in total. The molecule has 0 aliphatic carbocycles. The second-order valence-corrected chi connectivity index (χ2v) is 5.69. The number of likely N-dealkylation sites (N-methyl/N-ethyl adjacent to an activating group) is 1. The van der Waals surface area contributed by atoms with Gasteiger partial charge in [0.15, 0.2) is 0 Å². The molecule has 1 aromatic rings. The first-order valence-electron chi connectivity index (χ1n) is 6.41. The Bertz CT molecular complexity index is 569. The van der Waals surface area contributed by atoms with Gasteiger partial charge in [-0.1, -0.05) is 29.8 Å². The van der Waals surface area contributed by atoms with E-state index in [0.29, 0.717) is 11.4 Å². The van der Waals surface area contributed by atoms with Gasteiger partial charge in [0.25, 0.3) is 0 Å². The van der Waals surface area contributed by atoms with Crippen molar-refractivity contribution in [2.24, 2.45) is 5.92 Å². The van der Waals surface area contributed by atoms with E-state index in [-0.39, 0.29) is 17.9 Å². The Hall–Kier alpha value is -1.57. The van der Waals surface area contributed by atoms with E-state index in [4.69, 9.17) is 16.3 Å². The van der Waals surface area contributed by atoms with E-state index in [1.165, 1.54) is 7.11 Å². The third kappa shape index (κ3) is 2.17. The standard InChI is InChI=1S/C15H17ClN2O2/c1-15(14(19)20-3)8-10(9-17)13(18(15)2)11-6-4-5-7-12(11)16/h4-7,10,13H,8H2,1-3H3/t10-,13-,15+/m1/s1. The lowest BCUT2D eigenvalue weighted by molar-refractivity contribution is -0.152. The number of nitrogens with zero attached hydrogens (tertiary/aromatic N) is 2. The summed E-state index contributed by atoms with van der Waals surface area (Å²) in [4.78, 5) is 14.0. The first-order chi connectivity index (χ1) is 9.45. The molecule has 1 aromatic carbocycles. The van der Waals surface area contributed by atoms with Crippen LogP contribution in [0.25, 0.3) is 0 Å². The van der Waals surface area contributed by atoms with E-state index in [1.54, 1.807) is 13.0 Å². The Morgan fingerprint density at radius 1 is 1.55 bits per heavy atom. The van der Waals surface area contributed by atoms with Gasteiger partial charge in [0.05, 0.1) is 25.1 Å². The van der Waals surface area contributed by atoms with Crippen LogP contribution in [0.1, 0.15) is 24.9 Å². The number of hydrogen-bond donors (Lipinski definition) is 0. The lowest BCUT2D eigenvalue weighted by Gasteiger charge is -2.33. The number of methoxy groups -OCH3 is 1. The van der Waals surface area contributed by atoms with Crippen LogP contribution in [0.2, 0.25) is 5.02 Å². The second kappa shape index (κ2) is 5.43. The highest BCUT2D eigenvalue weighted by molar-refractivity contribution is 6.31. The number of likely N-dealkylation sites (tertiary alicyclic amines) is 1. The Kier molecular flexibility index (Phi) is 4.03. The summed E-state index contributed by atoms with van der Waals surface area (Å²) in [5, 5.41) is 10.0. The lowest BCUT2D eigenvalue weighted by Crippen LogP contribution is -2.47. The summed E-state index contributed by atoms with van der Waals surface area (Å²) in [6, 6.07) is 9.52. The predicted octanol–water partition coefficient (Wildman–Crippen LogP) is 2.79. The topological polar surface area (TPSA) is 53.3 Å². The second-order valence-electron chi connectivity index (χ2n) is 5.28. The van der Waals surface area contributed by atoms with E-state index < -0.39 is 5.54 Å². The summed E-state index contributed by atoms with van der Waals surface area (Å²) < 4.78 is 4.89. The highest BCUT2D eigenvalue weighted by atomic mass is 35.5. The van der Waals surface area contributed by atoms with Crippen LogP contribution >= 0.6 is 11.6 Å². The molecule has 1 aliphatic heterocycles. The third-order valence-electron chi connectivity index (χ3n) is 4.21. The molecule has 1 aliphatic rings. The van der Waals surface area contributed by atoms with Gasteiger partial charge in [-0.05, 0) is 32.0 Å². The lowest BCUT2D eigenvalue weighted by atomic mass is 9.91. The quantitative estimate of drug-likeness (QED) is 0.787. The average molecular weight is 293 g/mol. The predicted molar refractivity (Wildman–Crippen MR) is 76.1 cm³/mol. The van der Waals surface area contributed by atoms with Gasteiger partial charge >= 0.3 is 5.97 Å². The van der Waals surface area contributed by atoms with Crippen LogP contribution in [0.4, 0.5) is 0 Å². The zero-order chi connectivity index (χ0) is 14.9. The largest absolute Gasteiger partial charge is 0.468 e. The fraction of sp³-hybridized carbons (Fsp3) is 0.467. The summed E-state index contributed by atoms with van der Waals surface area (Å²) in [5.41, 5.74) is 0.0646. The van der Waals surface area contributed by atoms with Crippen molar-refractivity contribution in [1.82, 2.24) is 4.90 Å². The molecule has 106 valence electrons. The van der Waals surface area contributed by atoms with Crippen LogP contribution in [-0.2, 0) is 9.53 Å². The summed E-state index contributed by atoms with van der Waals surface area (Å²) in [6.07, 6.45) is 0.433. The molecule has 5 heteroatoms. The molecule has 3 atom stereocenters. The van der Waals surface area contributed by atoms with Gasteiger partial charge in [0, 0.05) is 5.02 Å². The Labute approximate surface area is 123 Å². The van der Waals surface area contributed by atoms with Crippen LogP contribution in [0, 0.1) is 17.2 Å². The molecule has 1 heterocycles. The fourth-order valence-corrected chi connectivity index (χ4v) is 3.21. The van der Waals surface area contributed by atoms with E-state index >= 15 is 0 Å². The van der Waals surface area contributed by atoms with E-state index in [0.717, 1.165) is 5.56 Å². The normalized spacial score (nSPS) is 29.9. The highest BCUT2D eigenvalue weighted by Gasteiger charge is 2.53. The maximum Gasteiger partial charge on any atom is 0.326 e. The summed E-state index contributed by atoms with van der Waals surface area (Å²) >= 11 is 6.25. The zero-order valence-electron chi connectivity index (χ0n) is 11.8. The molecule has 0 aromatic heterocycles. The molecule has 2 rings (SSSR count). The minimum Gasteiger partial charge on any atom is -0.468 e. The molecular formula is C15H17ClN2O2. The number of hydrogen-bond acceptors (Lipinski definition) is 4. The molecule has 0 radical (unpaired) electrons. The molecule has 1 fully saturated rings. The van der Waals surface area contributed by atoms with Crippen molar-refractivity contribution < 1.29 is 9.53 Å². The van der Waals surface area contributed by atoms with Gasteiger partial charge in [-0.2, -0.15) is 5.26 Å². The molecule has 0 amide bonds. The summed E-state index contributed by atoms with van der Waals surface area (Å²) in [5.74, 6) is -0.626. The van der Waals surface area contributed by atoms with Crippen LogP contribution in [0.3, 0.4) is 0 Å². The maximum atomic E-state index is 12.1.